The van der Waals surface area contributed by atoms with Crippen LogP contribution in [-0.4, -0.2) is 54.7 Å². The number of hydrogen-bond donors (Lipinski definition) is 1. The summed E-state index contributed by atoms with van der Waals surface area (Å²) in [4.78, 5) is 12.5. The van der Waals surface area contributed by atoms with E-state index in [1.165, 1.54) is 11.8 Å². The van der Waals surface area contributed by atoms with Crippen LogP contribution in [0.3, 0.4) is 0 Å². The second kappa shape index (κ2) is 16.2. The quantitative estimate of drug-likeness (QED) is 0.0879. The van der Waals surface area contributed by atoms with Crippen LogP contribution in [0.15, 0.2) is 18.4 Å². The van der Waals surface area contributed by atoms with E-state index in [-0.39, 0.29) is 29.8 Å². The van der Waals surface area contributed by atoms with Gasteiger partial charge in [0.1, 0.15) is 5.76 Å². The minimum Gasteiger partial charge on any atom is -0.454 e. The Morgan fingerprint density at radius 2 is 1.61 bits per heavy atom. The number of thioether (sulfide) groups is 1. The first kappa shape index (κ1) is 34.0. The van der Waals surface area contributed by atoms with Gasteiger partial charge in [0.25, 0.3) is 0 Å². The van der Waals surface area contributed by atoms with E-state index < -0.39 is 46.8 Å². The predicted octanol–water partition coefficient (Wildman–Crippen LogP) is 7.15. The Morgan fingerprint density at radius 3 is 2.18 bits per heavy atom. The number of carbonyl (C=O) groups excluding carboxylic acids is 1. The van der Waals surface area contributed by atoms with Gasteiger partial charge in [-0.05, 0) is 53.2 Å². The molecule has 1 atom stereocenters. The molecule has 1 rings (SSSR count). The van der Waals surface area contributed by atoms with Crippen molar-refractivity contribution in [2.24, 2.45) is 0 Å². The van der Waals surface area contributed by atoms with Crippen molar-refractivity contribution in [3.8, 4) is 5.75 Å². The molecular formula is C27H41F4NO5S. The summed E-state index contributed by atoms with van der Waals surface area (Å²) in [5, 5.41) is 2.55. The SMILES string of the molecule is C=C(Oc1c(F)c(F)cc(F)c1F)C(CSCCC(C)(C)OCCCC)NC(=O)OCCC(C)(C)OCC. The summed E-state index contributed by atoms with van der Waals surface area (Å²) in [5.41, 5.74) is -0.865. The van der Waals surface area contributed by atoms with Gasteiger partial charge in [0, 0.05) is 31.5 Å². The molecule has 0 aliphatic heterocycles. The summed E-state index contributed by atoms with van der Waals surface area (Å²) in [6.45, 7) is 16.5. The first-order valence-electron chi connectivity index (χ1n) is 12.7. The summed E-state index contributed by atoms with van der Waals surface area (Å²) < 4.78 is 77.4. The Morgan fingerprint density at radius 1 is 1.00 bits per heavy atom. The molecule has 11 heteroatoms. The van der Waals surface area contributed by atoms with Gasteiger partial charge in [-0.15, -0.1) is 0 Å². The molecule has 0 aromatic heterocycles. The van der Waals surface area contributed by atoms with E-state index in [2.05, 4.69) is 18.8 Å². The van der Waals surface area contributed by atoms with Crippen LogP contribution >= 0.6 is 11.8 Å². The fraction of sp³-hybridized carbons (Fsp3) is 0.667. The summed E-state index contributed by atoms with van der Waals surface area (Å²) in [7, 11) is 0. The molecule has 38 heavy (non-hydrogen) atoms. The van der Waals surface area contributed by atoms with Gasteiger partial charge in [0.05, 0.1) is 23.9 Å². The minimum atomic E-state index is -1.71. The molecule has 0 fully saturated rings. The molecule has 0 aliphatic carbocycles. The van der Waals surface area contributed by atoms with Crippen LogP contribution in [0.4, 0.5) is 22.4 Å². The standard InChI is InChI=1S/C27H41F4NO5S/c1-8-10-13-36-27(6,7)12-15-38-17-21(32-25(33)34-14-11-26(4,5)35-9-2)18(3)37-24-22(30)19(28)16-20(29)23(24)31/h16,21H,3,8-15,17H2,1-2,4-7H3,(H,32,33). The number of ether oxygens (including phenoxy) is 4. The largest absolute Gasteiger partial charge is 0.454 e. The lowest BCUT2D eigenvalue weighted by molar-refractivity contribution is -0.0275. The zero-order chi connectivity index (χ0) is 28.9. The van der Waals surface area contributed by atoms with Crippen LogP contribution in [-0.2, 0) is 14.2 Å². The zero-order valence-electron chi connectivity index (χ0n) is 23.2. The zero-order valence-corrected chi connectivity index (χ0v) is 24.0. The Hall–Kier alpha value is -1.98. The third-order valence-electron chi connectivity index (χ3n) is 5.58. The molecule has 1 aromatic carbocycles. The summed E-state index contributed by atoms with van der Waals surface area (Å²) in [6, 6.07) is -0.904. The fourth-order valence-corrected chi connectivity index (χ4v) is 4.49. The molecule has 1 unspecified atom stereocenters. The topological polar surface area (TPSA) is 66.0 Å². The lowest BCUT2D eigenvalue weighted by Gasteiger charge is -2.26. The van der Waals surface area contributed by atoms with Crippen LogP contribution in [0.5, 0.6) is 5.75 Å². The maximum Gasteiger partial charge on any atom is 0.407 e. The molecule has 0 saturated heterocycles. The summed E-state index contributed by atoms with van der Waals surface area (Å²) in [5.74, 6) is -7.43. The van der Waals surface area contributed by atoms with E-state index in [0.29, 0.717) is 31.8 Å². The molecule has 1 amide bonds. The number of amides is 1. The molecule has 1 N–H and O–H groups in total. The van der Waals surface area contributed by atoms with Crippen molar-refractivity contribution in [3.05, 3.63) is 41.7 Å². The van der Waals surface area contributed by atoms with Crippen molar-refractivity contribution >= 4 is 17.9 Å². The molecule has 0 spiro atoms. The van der Waals surface area contributed by atoms with Crippen molar-refractivity contribution in [1.29, 1.82) is 0 Å². The number of nitrogens with one attached hydrogen (secondary N) is 1. The highest BCUT2D eigenvalue weighted by Crippen LogP contribution is 2.29. The fourth-order valence-electron chi connectivity index (χ4n) is 3.18. The van der Waals surface area contributed by atoms with Crippen LogP contribution < -0.4 is 10.1 Å². The van der Waals surface area contributed by atoms with Crippen molar-refractivity contribution < 1.29 is 41.3 Å². The molecule has 6 nitrogen and oxygen atoms in total. The van der Waals surface area contributed by atoms with Gasteiger partial charge in [-0.2, -0.15) is 20.5 Å². The Balaban J connectivity index is 2.86. The second-order valence-corrected chi connectivity index (χ2v) is 11.1. The molecule has 0 aliphatic rings. The van der Waals surface area contributed by atoms with Crippen molar-refractivity contribution in [2.45, 2.75) is 84.5 Å². The van der Waals surface area contributed by atoms with Gasteiger partial charge < -0.3 is 24.3 Å². The van der Waals surface area contributed by atoms with E-state index in [4.69, 9.17) is 18.9 Å². The average Bonchev–Trinajstić information content (AvgIpc) is 2.82. The van der Waals surface area contributed by atoms with E-state index in [0.717, 1.165) is 12.8 Å². The number of benzene rings is 1. The van der Waals surface area contributed by atoms with E-state index in [1.54, 1.807) is 0 Å². The number of unbranched alkanes of at least 4 members (excludes halogenated alkanes) is 1. The molecule has 0 heterocycles. The van der Waals surface area contributed by atoms with E-state index in [1.807, 2.05) is 34.6 Å². The normalized spacial score (nSPS) is 12.8. The van der Waals surface area contributed by atoms with Gasteiger partial charge in [0.15, 0.2) is 11.6 Å². The minimum absolute atomic E-state index is 0.0493. The Labute approximate surface area is 227 Å². The number of carbonyl (C=O) groups is 1. The van der Waals surface area contributed by atoms with Gasteiger partial charge >= 0.3 is 6.09 Å². The monoisotopic (exact) mass is 567 g/mol. The number of halogens is 4. The van der Waals surface area contributed by atoms with Gasteiger partial charge in [-0.1, -0.05) is 19.9 Å². The van der Waals surface area contributed by atoms with Gasteiger partial charge in [0.2, 0.25) is 17.4 Å². The van der Waals surface area contributed by atoms with Gasteiger partial charge in [-0.3, -0.25) is 0 Å². The second-order valence-electron chi connectivity index (χ2n) is 9.93. The number of hydrogen-bond acceptors (Lipinski definition) is 6. The highest BCUT2D eigenvalue weighted by molar-refractivity contribution is 7.99. The highest BCUT2D eigenvalue weighted by atomic mass is 32.2. The first-order chi connectivity index (χ1) is 17.7. The van der Waals surface area contributed by atoms with E-state index in [9.17, 15) is 22.4 Å². The lowest BCUT2D eigenvalue weighted by Crippen LogP contribution is -2.40. The Kier molecular flexibility index (Phi) is 14.5. The van der Waals surface area contributed by atoms with Crippen molar-refractivity contribution in [1.82, 2.24) is 5.32 Å². The molecule has 0 saturated carbocycles. The molecule has 1 aromatic rings. The lowest BCUT2D eigenvalue weighted by atomic mass is 10.1. The average molecular weight is 568 g/mol. The third kappa shape index (κ3) is 12.3. The van der Waals surface area contributed by atoms with Crippen LogP contribution in [0, 0.1) is 23.3 Å². The molecule has 0 radical (unpaired) electrons. The van der Waals surface area contributed by atoms with Crippen LogP contribution in [0.2, 0.25) is 0 Å². The smallest absolute Gasteiger partial charge is 0.407 e. The van der Waals surface area contributed by atoms with Crippen LogP contribution in [0.25, 0.3) is 0 Å². The first-order valence-corrected chi connectivity index (χ1v) is 13.9. The molecule has 0 bridgehead atoms. The number of rotatable bonds is 18. The maximum atomic E-state index is 14.1. The van der Waals surface area contributed by atoms with Crippen LogP contribution in [0.1, 0.15) is 67.2 Å². The van der Waals surface area contributed by atoms with Gasteiger partial charge in [-0.25, -0.2) is 13.6 Å². The van der Waals surface area contributed by atoms with Crippen molar-refractivity contribution in [2.75, 3.05) is 31.3 Å². The summed E-state index contributed by atoms with van der Waals surface area (Å²) in [6.07, 6.45) is 2.28. The molecule has 218 valence electrons. The summed E-state index contributed by atoms with van der Waals surface area (Å²) >= 11 is 1.41. The maximum absolute atomic E-state index is 14.1. The predicted molar refractivity (Wildman–Crippen MR) is 142 cm³/mol. The van der Waals surface area contributed by atoms with E-state index >= 15 is 0 Å². The number of alkyl carbamates (subject to hydrolysis) is 1. The van der Waals surface area contributed by atoms with Crippen molar-refractivity contribution in [3.63, 3.8) is 0 Å². The molecular weight excluding hydrogens is 526 g/mol. The highest BCUT2D eigenvalue weighted by Gasteiger charge is 2.26. The third-order valence-corrected chi connectivity index (χ3v) is 6.64. The Bertz CT molecular complexity index is 888.